The molecule has 4 nitrogen and oxygen atoms in total. The number of hydrogen-bond donors (Lipinski definition) is 1. The van der Waals surface area contributed by atoms with Gasteiger partial charge >= 0.3 is 5.97 Å². The van der Waals surface area contributed by atoms with E-state index in [4.69, 9.17) is 9.84 Å². The van der Waals surface area contributed by atoms with E-state index in [1.807, 2.05) is 11.8 Å². The van der Waals surface area contributed by atoms with Crippen LogP contribution in [0.3, 0.4) is 0 Å². The average molecular weight is 231 g/mol. The van der Waals surface area contributed by atoms with Crippen LogP contribution >= 0.6 is 11.8 Å². The summed E-state index contributed by atoms with van der Waals surface area (Å²) < 4.78 is 5.21. The van der Waals surface area contributed by atoms with Crippen LogP contribution in [0.4, 0.5) is 0 Å². The first-order valence-corrected chi connectivity index (χ1v) is 6.59. The fraction of sp³-hybridized carbons (Fsp3) is 0.900. The molecule has 0 radical (unpaired) electrons. The van der Waals surface area contributed by atoms with Crippen LogP contribution in [0.25, 0.3) is 0 Å². The summed E-state index contributed by atoms with van der Waals surface area (Å²) in [6, 6.07) is 0.564. The van der Waals surface area contributed by atoms with E-state index in [-0.39, 0.29) is 0 Å². The molecule has 0 aromatic carbocycles. The van der Waals surface area contributed by atoms with Crippen LogP contribution in [0.1, 0.15) is 12.8 Å². The number of ether oxygens (including phenoxy) is 1. The van der Waals surface area contributed by atoms with Crippen LogP contribution in [-0.4, -0.2) is 59.3 Å². The summed E-state index contributed by atoms with van der Waals surface area (Å²) in [6.45, 7) is 1.99. The minimum atomic E-state index is -0.830. The van der Waals surface area contributed by atoms with Crippen molar-refractivity contribution in [3.8, 4) is 0 Å². The summed E-state index contributed by atoms with van der Waals surface area (Å²) in [6.07, 6.45) is 1.84. The minimum absolute atomic E-state index is 0.554. The second kappa shape index (κ2) is 5.18. The first kappa shape index (κ1) is 11.2. The maximum absolute atomic E-state index is 10.8. The van der Waals surface area contributed by atoms with E-state index in [1.54, 1.807) is 0 Å². The molecule has 2 aliphatic heterocycles. The highest BCUT2D eigenvalue weighted by molar-refractivity contribution is 7.99. The summed E-state index contributed by atoms with van der Waals surface area (Å²) in [5.41, 5.74) is 0. The topological polar surface area (TPSA) is 49.8 Å². The SMILES string of the molecule is O=C(O)C1CN(C2CCCSC2)CCO1. The number of carboxylic acid groups (broad SMARTS) is 1. The Balaban J connectivity index is 1.88. The number of carboxylic acids is 1. The third-order valence-corrected chi connectivity index (χ3v) is 4.22. The molecule has 86 valence electrons. The van der Waals surface area contributed by atoms with E-state index >= 15 is 0 Å². The Morgan fingerprint density at radius 1 is 1.53 bits per heavy atom. The smallest absolute Gasteiger partial charge is 0.334 e. The summed E-state index contributed by atoms with van der Waals surface area (Å²) in [7, 11) is 0. The van der Waals surface area contributed by atoms with Gasteiger partial charge in [0.1, 0.15) is 0 Å². The van der Waals surface area contributed by atoms with Crippen LogP contribution in [0.5, 0.6) is 0 Å². The van der Waals surface area contributed by atoms with Gasteiger partial charge in [0.25, 0.3) is 0 Å². The molecule has 0 aromatic heterocycles. The second-order valence-corrected chi connectivity index (χ2v) is 5.21. The third-order valence-electron chi connectivity index (χ3n) is 3.03. The van der Waals surface area contributed by atoms with Gasteiger partial charge in [-0.3, -0.25) is 4.90 Å². The Hall–Kier alpha value is -0.260. The summed E-state index contributed by atoms with van der Waals surface area (Å²) in [4.78, 5) is 13.1. The van der Waals surface area contributed by atoms with E-state index in [9.17, 15) is 4.79 Å². The van der Waals surface area contributed by atoms with Gasteiger partial charge in [-0.25, -0.2) is 4.79 Å². The molecule has 2 rings (SSSR count). The number of nitrogens with zero attached hydrogens (tertiary/aromatic N) is 1. The van der Waals surface area contributed by atoms with Crippen LogP contribution in [0.15, 0.2) is 0 Å². The Morgan fingerprint density at radius 2 is 2.40 bits per heavy atom. The molecule has 5 heteroatoms. The Labute approximate surface area is 94.0 Å². The molecule has 0 amide bonds. The fourth-order valence-corrected chi connectivity index (χ4v) is 3.35. The highest BCUT2D eigenvalue weighted by atomic mass is 32.2. The largest absolute Gasteiger partial charge is 0.479 e. The van der Waals surface area contributed by atoms with Gasteiger partial charge in [0.15, 0.2) is 6.10 Å². The zero-order valence-corrected chi connectivity index (χ0v) is 9.54. The molecule has 2 fully saturated rings. The van der Waals surface area contributed by atoms with Crippen LogP contribution < -0.4 is 0 Å². The second-order valence-electron chi connectivity index (χ2n) is 4.06. The molecule has 0 bridgehead atoms. The van der Waals surface area contributed by atoms with Gasteiger partial charge in [0.05, 0.1) is 6.61 Å². The fourth-order valence-electron chi connectivity index (χ4n) is 2.16. The van der Waals surface area contributed by atoms with Crippen molar-refractivity contribution in [3.05, 3.63) is 0 Å². The number of morpholine rings is 1. The first-order valence-electron chi connectivity index (χ1n) is 5.43. The van der Waals surface area contributed by atoms with Crippen molar-refractivity contribution in [2.24, 2.45) is 0 Å². The molecular formula is C10H17NO3S. The molecule has 2 heterocycles. The lowest BCUT2D eigenvalue weighted by Gasteiger charge is -2.38. The lowest BCUT2D eigenvalue weighted by molar-refractivity contribution is -0.157. The number of hydrogen-bond acceptors (Lipinski definition) is 4. The molecule has 15 heavy (non-hydrogen) atoms. The van der Waals surface area contributed by atoms with Crippen molar-refractivity contribution in [3.63, 3.8) is 0 Å². The molecule has 0 aliphatic carbocycles. The first-order chi connectivity index (χ1) is 7.27. The lowest BCUT2D eigenvalue weighted by atomic mass is 10.1. The van der Waals surface area contributed by atoms with Crippen LogP contribution in [-0.2, 0) is 9.53 Å². The summed E-state index contributed by atoms with van der Waals surface area (Å²) in [5.74, 6) is 1.57. The molecule has 2 unspecified atom stereocenters. The monoisotopic (exact) mass is 231 g/mol. The number of carbonyl (C=O) groups is 1. The predicted octanol–water partition coefficient (Wildman–Crippen LogP) is 0.667. The highest BCUT2D eigenvalue weighted by Gasteiger charge is 2.30. The lowest BCUT2D eigenvalue weighted by Crippen LogP contribution is -2.51. The Bertz CT molecular complexity index is 231. The van der Waals surface area contributed by atoms with Crippen molar-refractivity contribution in [1.82, 2.24) is 4.90 Å². The zero-order chi connectivity index (χ0) is 10.7. The van der Waals surface area contributed by atoms with Crippen molar-refractivity contribution >= 4 is 17.7 Å². The van der Waals surface area contributed by atoms with Gasteiger partial charge in [-0.2, -0.15) is 11.8 Å². The van der Waals surface area contributed by atoms with Gasteiger partial charge in [-0.05, 0) is 18.6 Å². The Kier molecular flexibility index (Phi) is 3.88. The summed E-state index contributed by atoms with van der Waals surface area (Å²) >= 11 is 1.98. The standard InChI is InChI=1S/C10H17NO3S/c12-10(13)9-6-11(3-4-14-9)8-2-1-5-15-7-8/h8-9H,1-7H2,(H,12,13). The molecule has 0 saturated carbocycles. The molecule has 2 aliphatic rings. The van der Waals surface area contributed by atoms with Gasteiger partial charge in [-0.1, -0.05) is 0 Å². The van der Waals surface area contributed by atoms with Crippen LogP contribution in [0, 0.1) is 0 Å². The maximum Gasteiger partial charge on any atom is 0.334 e. The minimum Gasteiger partial charge on any atom is -0.479 e. The van der Waals surface area contributed by atoms with Gasteiger partial charge in [0.2, 0.25) is 0 Å². The van der Waals surface area contributed by atoms with Crippen molar-refractivity contribution in [1.29, 1.82) is 0 Å². The molecule has 0 aromatic rings. The predicted molar refractivity (Wildman–Crippen MR) is 59.3 cm³/mol. The highest BCUT2D eigenvalue weighted by Crippen LogP contribution is 2.23. The average Bonchev–Trinajstić information content (AvgIpc) is 2.30. The quantitative estimate of drug-likeness (QED) is 0.757. The van der Waals surface area contributed by atoms with E-state index < -0.39 is 12.1 Å². The molecular weight excluding hydrogens is 214 g/mol. The van der Waals surface area contributed by atoms with Crippen molar-refractivity contribution in [2.45, 2.75) is 25.0 Å². The molecule has 2 saturated heterocycles. The van der Waals surface area contributed by atoms with Gasteiger partial charge in [-0.15, -0.1) is 0 Å². The third kappa shape index (κ3) is 2.86. The maximum atomic E-state index is 10.8. The van der Waals surface area contributed by atoms with E-state index in [0.717, 1.165) is 12.3 Å². The molecule has 2 atom stereocenters. The van der Waals surface area contributed by atoms with Crippen LogP contribution in [0.2, 0.25) is 0 Å². The zero-order valence-electron chi connectivity index (χ0n) is 8.72. The molecule has 0 spiro atoms. The number of aliphatic carboxylic acids is 1. The molecule has 1 N–H and O–H groups in total. The van der Waals surface area contributed by atoms with Gasteiger partial charge in [0, 0.05) is 24.9 Å². The van der Waals surface area contributed by atoms with E-state index in [1.165, 1.54) is 18.6 Å². The Morgan fingerprint density at radius 3 is 3.07 bits per heavy atom. The van der Waals surface area contributed by atoms with Crippen molar-refractivity contribution < 1.29 is 14.6 Å². The van der Waals surface area contributed by atoms with Crippen molar-refractivity contribution in [2.75, 3.05) is 31.2 Å². The number of rotatable bonds is 2. The number of thioether (sulfide) groups is 1. The summed E-state index contributed by atoms with van der Waals surface area (Å²) in [5, 5.41) is 8.90. The van der Waals surface area contributed by atoms with E-state index in [0.29, 0.717) is 19.2 Å². The normalized spacial score (nSPS) is 33.9. The van der Waals surface area contributed by atoms with Gasteiger partial charge < -0.3 is 9.84 Å². The van der Waals surface area contributed by atoms with E-state index in [2.05, 4.69) is 4.90 Å².